The number of amides is 1. The highest BCUT2D eigenvalue weighted by molar-refractivity contribution is 7.88. The number of thiophene rings is 1. The molecule has 1 amide bonds. The van der Waals surface area contributed by atoms with Crippen molar-refractivity contribution in [2.24, 2.45) is 0 Å². The normalized spacial score (nSPS) is 18.2. The molecular formula is C14H19N3O5S2. The van der Waals surface area contributed by atoms with Gasteiger partial charge in [-0.05, 0) is 24.3 Å². The van der Waals surface area contributed by atoms with Crippen molar-refractivity contribution in [1.29, 1.82) is 0 Å². The number of carbonyl (C=O) groups is 2. The fourth-order valence-corrected chi connectivity index (χ4v) is 3.20. The molecule has 0 saturated heterocycles. The Morgan fingerprint density at radius 1 is 1.46 bits per heavy atom. The van der Waals surface area contributed by atoms with E-state index in [1.54, 1.807) is 23.2 Å². The molecule has 0 radical (unpaired) electrons. The van der Waals surface area contributed by atoms with E-state index in [1.807, 2.05) is 10.2 Å². The van der Waals surface area contributed by atoms with E-state index < -0.39 is 15.9 Å². The summed E-state index contributed by atoms with van der Waals surface area (Å²) in [5.74, 6) is -0.622. The van der Waals surface area contributed by atoms with E-state index in [-0.39, 0.29) is 18.6 Å². The number of carbonyl (C=O) groups excluding carboxylic acids is 2. The van der Waals surface area contributed by atoms with Gasteiger partial charge in [-0.25, -0.2) is 8.42 Å². The average molecular weight is 373 g/mol. The Morgan fingerprint density at radius 3 is 2.79 bits per heavy atom. The monoisotopic (exact) mass is 373 g/mol. The fourth-order valence-electron chi connectivity index (χ4n) is 2.27. The highest BCUT2D eigenvalue weighted by Crippen LogP contribution is 2.22. The third kappa shape index (κ3) is 5.13. The Labute approximate surface area is 144 Å². The van der Waals surface area contributed by atoms with Crippen LogP contribution in [0.4, 0.5) is 0 Å². The quantitative estimate of drug-likeness (QED) is 0.532. The predicted molar refractivity (Wildman–Crippen MR) is 89.6 cm³/mol. The molecule has 0 aromatic carbocycles. The number of sulfonamides is 1. The summed E-state index contributed by atoms with van der Waals surface area (Å²) in [5, 5.41) is 1.82. The van der Waals surface area contributed by atoms with Crippen molar-refractivity contribution in [3.63, 3.8) is 0 Å². The van der Waals surface area contributed by atoms with Crippen molar-refractivity contribution in [1.82, 2.24) is 15.2 Å². The molecule has 24 heavy (non-hydrogen) atoms. The van der Waals surface area contributed by atoms with Crippen LogP contribution in [0.3, 0.4) is 0 Å². The number of Topliss-reactive ketones (excluding diaryl/α,β-unsaturated/α-hetero) is 1. The lowest BCUT2D eigenvalue weighted by Gasteiger charge is -2.33. The second-order valence-corrected chi connectivity index (χ2v) is 7.98. The highest BCUT2D eigenvalue weighted by atomic mass is 32.2. The summed E-state index contributed by atoms with van der Waals surface area (Å²) >= 11 is 1.35. The molecule has 132 valence electrons. The summed E-state index contributed by atoms with van der Waals surface area (Å²) in [6.07, 6.45) is 3.11. The standard InChI is InChI=1S/C14H19N3O5S2/c1-22-13-6-5-10(14(19)15-16-24(2,20)21)8-17(13)9-11(18)12-4-3-7-23-12/h3-4,7-8,13,16H,5-6,9H2,1-2H3,(H,15,19). The first-order valence-corrected chi connectivity index (χ1v) is 9.90. The Balaban J connectivity index is 2.08. The van der Waals surface area contributed by atoms with Crippen molar-refractivity contribution >= 4 is 33.1 Å². The third-order valence-electron chi connectivity index (χ3n) is 3.39. The van der Waals surface area contributed by atoms with E-state index in [4.69, 9.17) is 4.74 Å². The Kier molecular flexibility index (Phi) is 6.10. The summed E-state index contributed by atoms with van der Waals surface area (Å²) in [7, 11) is -2.00. The van der Waals surface area contributed by atoms with Crippen LogP contribution in [0, 0.1) is 0 Å². The molecule has 1 unspecified atom stereocenters. The minimum absolute atomic E-state index is 0.0702. The molecule has 10 heteroatoms. The number of nitrogens with one attached hydrogen (secondary N) is 2. The molecule has 2 N–H and O–H groups in total. The van der Waals surface area contributed by atoms with Crippen LogP contribution in [-0.4, -0.2) is 51.1 Å². The Morgan fingerprint density at radius 2 is 2.21 bits per heavy atom. The molecule has 1 atom stereocenters. The molecule has 2 heterocycles. The summed E-state index contributed by atoms with van der Waals surface area (Å²) in [5.41, 5.74) is 2.50. The smallest absolute Gasteiger partial charge is 0.263 e. The minimum Gasteiger partial charge on any atom is -0.362 e. The fraction of sp³-hybridized carbons (Fsp3) is 0.429. The number of ketones is 1. The Hall–Kier alpha value is -1.75. The Bertz CT molecular complexity index is 728. The number of nitrogens with zero attached hydrogens (tertiary/aromatic N) is 1. The number of hydrogen-bond acceptors (Lipinski definition) is 7. The maximum atomic E-state index is 12.3. The third-order valence-corrected chi connectivity index (χ3v) is 4.77. The molecule has 1 aliphatic heterocycles. The maximum absolute atomic E-state index is 12.3. The second-order valence-electron chi connectivity index (χ2n) is 5.28. The van der Waals surface area contributed by atoms with Gasteiger partial charge in [0.05, 0.1) is 17.7 Å². The van der Waals surface area contributed by atoms with Gasteiger partial charge < -0.3 is 9.64 Å². The van der Waals surface area contributed by atoms with Gasteiger partial charge in [0, 0.05) is 18.9 Å². The number of methoxy groups -OCH3 is 1. The summed E-state index contributed by atoms with van der Waals surface area (Å²) in [6.45, 7) is 0.0787. The van der Waals surface area contributed by atoms with Crippen molar-refractivity contribution in [2.75, 3.05) is 19.9 Å². The van der Waals surface area contributed by atoms with E-state index in [1.165, 1.54) is 18.4 Å². The summed E-state index contributed by atoms with van der Waals surface area (Å²) < 4.78 is 27.4. The lowest BCUT2D eigenvalue weighted by molar-refractivity contribution is -0.118. The van der Waals surface area contributed by atoms with Gasteiger partial charge in [-0.3, -0.25) is 15.0 Å². The topological polar surface area (TPSA) is 105 Å². The SMILES string of the molecule is COC1CCC(C(=O)NNS(C)(=O)=O)=CN1CC(=O)c1cccs1. The van der Waals surface area contributed by atoms with Crippen molar-refractivity contribution < 1.29 is 22.7 Å². The van der Waals surface area contributed by atoms with Crippen molar-refractivity contribution in [2.45, 2.75) is 19.1 Å². The van der Waals surface area contributed by atoms with E-state index in [0.717, 1.165) is 6.26 Å². The lowest BCUT2D eigenvalue weighted by atomic mass is 10.1. The number of ether oxygens (including phenoxy) is 1. The van der Waals surface area contributed by atoms with Gasteiger partial charge in [-0.15, -0.1) is 16.2 Å². The first kappa shape index (κ1) is 18.6. The van der Waals surface area contributed by atoms with Gasteiger partial charge in [-0.1, -0.05) is 6.07 Å². The van der Waals surface area contributed by atoms with Crippen LogP contribution in [0.25, 0.3) is 0 Å². The largest absolute Gasteiger partial charge is 0.362 e. The molecule has 0 aliphatic carbocycles. The second kappa shape index (κ2) is 7.88. The molecule has 0 spiro atoms. The van der Waals surface area contributed by atoms with Gasteiger partial charge >= 0.3 is 0 Å². The molecule has 8 nitrogen and oxygen atoms in total. The van der Waals surface area contributed by atoms with E-state index in [0.29, 0.717) is 23.3 Å². The van der Waals surface area contributed by atoms with Gasteiger partial charge in [-0.2, -0.15) is 0 Å². The lowest BCUT2D eigenvalue weighted by Crippen LogP contribution is -2.44. The molecule has 0 fully saturated rings. The van der Waals surface area contributed by atoms with Gasteiger partial charge in [0.2, 0.25) is 10.0 Å². The van der Waals surface area contributed by atoms with Crippen LogP contribution < -0.4 is 10.3 Å². The zero-order valence-electron chi connectivity index (χ0n) is 13.3. The van der Waals surface area contributed by atoms with E-state index >= 15 is 0 Å². The predicted octanol–water partition coefficient (Wildman–Crippen LogP) is 0.463. The van der Waals surface area contributed by atoms with Gasteiger partial charge in [0.15, 0.2) is 5.78 Å². The zero-order chi connectivity index (χ0) is 17.7. The van der Waals surface area contributed by atoms with Crippen LogP contribution in [0.2, 0.25) is 0 Å². The van der Waals surface area contributed by atoms with Crippen LogP contribution in [-0.2, 0) is 19.6 Å². The van der Waals surface area contributed by atoms with Crippen molar-refractivity contribution in [3.05, 3.63) is 34.2 Å². The molecule has 1 aromatic heterocycles. The van der Waals surface area contributed by atoms with Crippen molar-refractivity contribution in [3.8, 4) is 0 Å². The minimum atomic E-state index is -3.54. The molecule has 1 aromatic rings. The van der Waals surface area contributed by atoms with Crippen LogP contribution in [0.5, 0.6) is 0 Å². The number of hydrazine groups is 1. The summed E-state index contributed by atoms with van der Waals surface area (Å²) in [4.78, 5) is 28.5. The van der Waals surface area contributed by atoms with E-state index in [9.17, 15) is 18.0 Å². The van der Waals surface area contributed by atoms with Gasteiger partial charge in [0.1, 0.15) is 6.23 Å². The maximum Gasteiger partial charge on any atom is 0.263 e. The molecule has 0 saturated carbocycles. The molecule has 0 bridgehead atoms. The molecular weight excluding hydrogens is 354 g/mol. The first-order valence-electron chi connectivity index (χ1n) is 7.13. The number of hydrogen-bond donors (Lipinski definition) is 2. The van der Waals surface area contributed by atoms with Crippen LogP contribution in [0.1, 0.15) is 22.5 Å². The molecule has 1 aliphatic rings. The number of rotatable bonds is 7. The summed E-state index contributed by atoms with van der Waals surface area (Å²) in [6, 6.07) is 3.54. The zero-order valence-corrected chi connectivity index (χ0v) is 14.9. The average Bonchev–Trinajstić information content (AvgIpc) is 3.06. The van der Waals surface area contributed by atoms with Crippen LogP contribution in [0.15, 0.2) is 29.3 Å². The van der Waals surface area contributed by atoms with E-state index in [2.05, 4.69) is 5.43 Å². The highest BCUT2D eigenvalue weighted by Gasteiger charge is 2.26. The molecule has 2 rings (SSSR count). The first-order chi connectivity index (χ1) is 11.3. The van der Waals surface area contributed by atoms with Gasteiger partial charge in [0.25, 0.3) is 5.91 Å². The van der Waals surface area contributed by atoms with Crippen LogP contribution >= 0.6 is 11.3 Å².